The van der Waals surface area contributed by atoms with Crippen molar-refractivity contribution >= 4 is 33.2 Å². The summed E-state index contributed by atoms with van der Waals surface area (Å²) >= 11 is 0. The first-order valence-corrected chi connectivity index (χ1v) is 8.68. The van der Waals surface area contributed by atoms with Crippen LogP contribution in [-0.2, 0) is 24.4 Å². The Morgan fingerprint density at radius 3 is 2.50 bits per heavy atom. The Morgan fingerprint density at radius 2 is 1.92 bits per heavy atom. The Bertz CT molecular complexity index is 910. The summed E-state index contributed by atoms with van der Waals surface area (Å²) in [7, 11) is -4.79. The summed E-state index contributed by atoms with van der Waals surface area (Å²) in [6, 6.07) is 3.70. The molecule has 1 heterocycles. The minimum Gasteiger partial charge on any atom is -0.366 e. The van der Waals surface area contributed by atoms with Crippen LogP contribution < -0.4 is 0 Å². The molecule has 1 amide bonds. The van der Waals surface area contributed by atoms with Crippen molar-refractivity contribution in [3.05, 3.63) is 30.6 Å². The lowest BCUT2D eigenvalue weighted by atomic mass is 10.2. The molecule has 0 aliphatic heterocycles. The number of sulfonamides is 1. The number of hydrazine groups is 1. The predicted molar refractivity (Wildman–Crippen MR) is 82.5 cm³/mol. The van der Waals surface area contributed by atoms with Crippen molar-refractivity contribution in [1.29, 1.82) is 0 Å². The van der Waals surface area contributed by atoms with Gasteiger partial charge in [0.1, 0.15) is 0 Å². The normalized spacial score (nSPS) is 12.3. The molecular weight excluding hydrogens is 379 g/mol. The number of benzene rings is 1. The average molecular weight is 393 g/mol. The summed E-state index contributed by atoms with van der Waals surface area (Å²) in [4.78, 5) is 28.6. The number of alkyl halides is 3. The minimum absolute atomic E-state index is 0.0421. The van der Waals surface area contributed by atoms with Crippen molar-refractivity contribution in [2.45, 2.75) is 24.4 Å². The number of halogens is 3. The van der Waals surface area contributed by atoms with Crippen molar-refractivity contribution in [1.82, 2.24) is 14.6 Å². The van der Waals surface area contributed by atoms with Crippen LogP contribution in [0, 0.1) is 0 Å². The number of rotatable bonds is 7. The highest BCUT2D eigenvalue weighted by Crippen LogP contribution is 2.25. The topological polar surface area (TPSA) is 99.8 Å². The molecule has 0 bridgehead atoms. The molecule has 1 aromatic carbocycles. The van der Waals surface area contributed by atoms with E-state index in [0.29, 0.717) is 15.8 Å². The molecular formula is C14H14F3N3O5S. The SMILES string of the molecule is CCCN(C=O)N(OC(=O)C(F)(F)F)S(=O)(=O)c1ccc2c[nH]cc2c1. The second-order valence-electron chi connectivity index (χ2n) is 5.10. The van der Waals surface area contributed by atoms with Gasteiger partial charge in [-0.2, -0.15) is 13.2 Å². The molecule has 12 heteroatoms. The van der Waals surface area contributed by atoms with Gasteiger partial charge in [-0.05, 0) is 23.9 Å². The van der Waals surface area contributed by atoms with E-state index in [0.717, 1.165) is 6.07 Å². The minimum atomic E-state index is -5.45. The number of amides is 1. The lowest BCUT2D eigenvalue weighted by molar-refractivity contribution is -0.249. The fourth-order valence-electron chi connectivity index (χ4n) is 2.05. The fraction of sp³-hybridized carbons (Fsp3) is 0.286. The monoisotopic (exact) mass is 393 g/mol. The maximum absolute atomic E-state index is 12.7. The molecule has 0 radical (unpaired) electrons. The number of nitrogens with one attached hydrogen (secondary N) is 1. The number of hydrogen-bond donors (Lipinski definition) is 1. The molecule has 0 unspecified atom stereocenters. The van der Waals surface area contributed by atoms with Gasteiger partial charge in [-0.25, -0.2) is 18.2 Å². The molecule has 0 aliphatic rings. The lowest BCUT2D eigenvalue weighted by Gasteiger charge is -2.28. The third kappa shape index (κ3) is 3.96. The molecule has 8 nitrogen and oxygen atoms in total. The standard InChI is InChI=1S/C14H14F3N3O5S/c1-2-5-19(9-21)20(25-13(22)14(15,16)17)26(23,24)12-4-3-10-7-18-8-11(10)6-12/h3-4,6-9,18H,2,5H2,1H3. The van der Waals surface area contributed by atoms with Crippen molar-refractivity contribution < 1.29 is 36.0 Å². The maximum atomic E-state index is 12.7. The van der Waals surface area contributed by atoms with Crippen LogP contribution in [0.3, 0.4) is 0 Å². The zero-order chi connectivity index (χ0) is 19.5. The van der Waals surface area contributed by atoms with Crippen LogP contribution in [-0.4, -0.2) is 48.1 Å². The predicted octanol–water partition coefficient (Wildman–Crippen LogP) is 1.96. The van der Waals surface area contributed by atoms with E-state index in [1.165, 1.54) is 18.3 Å². The summed E-state index contributed by atoms with van der Waals surface area (Å²) in [6.07, 6.45) is -2.23. The van der Waals surface area contributed by atoms with Crippen LogP contribution in [0.25, 0.3) is 10.8 Å². The second-order valence-corrected chi connectivity index (χ2v) is 6.84. The summed E-state index contributed by atoms with van der Waals surface area (Å²) in [5.41, 5.74) is 0. The van der Waals surface area contributed by atoms with Gasteiger partial charge < -0.3 is 9.82 Å². The van der Waals surface area contributed by atoms with Crippen molar-refractivity contribution in [3.8, 4) is 0 Å². The summed E-state index contributed by atoms with van der Waals surface area (Å²) in [5.74, 6) is -2.77. The largest absolute Gasteiger partial charge is 0.492 e. The van der Waals surface area contributed by atoms with E-state index >= 15 is 0 Å². The molecule has 0 atom stereocenters. The number of H-pyrrole nitrogens is 1. The van der Waals surface area contributed by atoms with E-state index in [2.05, 4.69) is 9.82 Å². The van der Waals surface area contributed by atoms with E-state index in [9.17, 15) is 31.2 Å². The third-order valence-electron chi connectivity index (χ3n) is 3.22. The quantitative estimate of drug-likeness (QED) is 0.573. The van der Waals surface area contributed by atoms with Crippen LogP contribution in [0.15, 0.2) is 35.5 Å². The molecule has 0 saturated carbocycles. The van der Waals surface area contributed by atoms with Gasteiger partial charge in [0.05, 0.1) is 9.47 Å². The summed E-state index contributed by atoms with van der Waals surface area (Å²) < 4.78 is 62.6. The number of carbonyl (C=O) groups excluding carboxylic acids is 2. The zero-order valence-electron chi connectivity index (χ0n) is 13.4. The van der Waals surface area contributed by atoms with Crippen molar-refractivity contribution in [3.63, 3.8) is 0 Å². The van der Waals surface area contributed by atoms with Crippen LogP contribution in [0.5, 0.6) is 0 Å². The molecule has 0 aliphatic carbocycles. The van der Waals surface area contributed by atoms with Crippen molar-refractivity contribution in [2.24, 2.45) is 0 Å². The van der Waals surface area contributed by atoms with Gasteiger partial charge in [-0.15, -0.1) is 0 Å². The number of carbonyl (C=O) groups is 2. The average Bonchev–Trinajstić information content (AvgIpc) is 3.04. The smallest absolute Gasteiger partial charge is 0.366 e. The molecule has 2 rings (SSSR count). The van der Waals surface area contributed by atoms with Gasteiger partial charge in [0.2, 0.25) is 6.41 Å². The molecule has 1 N–H and O–H groups in total. The molecule has 2 aromatic rings. The number of nitrogens with zero attached hydrogens (tertiary/aromatic N) is 2. The first-order valence-electron chi connectivity index (χ1n) is 7.24. The van der Waals surface area contributed by atoms with Crippen LogP contribution in [0.2, 0.25) is 0 Å². The van der Waals surface area contributed by atoms with Gasteiger partial charge in [0, 0.05) is 24.3 Å². The Balaban J connectivity index is 2.50. The fourth-order valence-corrected chi connectivity index (χ4v) is 3.30. The van der Waals surface area contributed by atoms with Crippen molar-refractivity contribution in [2.75, 3.05) is 6.54 Å². The van der Waals surface area contributed by atoms with Crippen LogP contribution in [0.1, 0.15) is 13.3 Å². The highest BCUT2D eigenvalue weighted by Gasteiger charge is 2.46. The number of aromatic nitrogens is 1. The number of fused-ring (bicyclic) bond motifs is 1. The molecule has 0 saturated heterocycles. The van der Waals surface area contributed by atoms with Gasteiger partial charge >= 0.3 is 12.1 Å². The van der Waals surface area contributed by atoms with E-state index in [-0.39, 0.29) is 24.0 Å². The van der Waals surface area contributed by atoms with E-state index in [1.807, 2.05) is 0 Å². The van der Waals surface area contributed by atoms with Gasteiger partial charge in [-0.1, -0.05) is 13.0 Å². The Morgan fingerprint density at radius 1 is 1.27 bits per heavy atom. The van der Waals surface area contributed by atoms with E-state index in [1.54, 1.807) is 13.1 Å². The molecule has 0 fully saturated rings. The third-order valence-corrected chi connectivity index (χ3v) is 4.76. The zero-order valence-corrected chi connectivity index (χ0v) is 14.2. The Labute approximate surface area is 146 Å². The Kier molecular flexibility index (Phi) is 5.56. The second kappa shape index (κ2) is 7.33. The van der Waals surface area contributed by atoms with Gasteiger partial charge in [0.25, 0.3) is 10.0 Å². The number of aromatic amines is 1. The first kappa shape index (κ1) is 19.7. The van der Waals surface area contributed by atoms with E-state index < -0.39 is 27.1 Å². The van der Waals surface area contributed by atoms with Gasteiger partial charge in [-0.3, -0.25) is 4.79 Å². The molecule has 142 valence electrons. The summed E-state index contributed by atoms with van der Waals surface area (Å²) in [6.45, 7) is 1.26. The first-order chi connectivity index (χ1) is 12.1. The number of hydrogen-bond acceptors (Lipinski definition) is 5. The van der Waals surface area contributed by atoms with Crippen LogP contribution >= 0.6 is 0 Å². The Hall–Kier alpha value is -2.60. The lowest BCUT2D eigenvalue weighted by Crippen LogP contribution is -2.49. The molecule has 0 spiro atoms. The van der Waals surface area contributed by atoms with Crippen LogP contribution in [0.4, 0.5) is 13.2 Å². The maximum Gasteiger partial charge on any atom is 0.492 e. The highest BCUT2D eigenvalue weighted by molar-refractivity contribution is 7.89. The van der Waals surface area contributed by atoms with E-state index in [4.69, 9.17) is 0 Å². The highest BCUT2D eigenvalue weighted by atomic mass is 32.2. The summed E-state index contributed by atoms with van der Waals surface area (Å²) in [5, 5.41) is 1.45. The van der Waals surface area contributed by atoms with Gasteiger partial charge in [0.15, 0.2) is 0 Å². The molecule has 1 aromatic heterocycles. The molecule has 26 heavy (non-hydrogen) atoms.